The summed E-state index contributed by atoms with van der Waals surface area (Å²) in [5, 5.41) is 9.71. The first kappa shape index (κ1) is 23.5. The van der Waals surface area contributed by atoms with E-state index in [0.717, 1.165) is 22.8 Å². The monoisotopic (exact) mass is 525 g/mol. The minimum atomic E-state index is -0.378. The lowest BCUT2D eigenvalue weighted by Gasteiger charge is -2.34. The van der Waals surface area contributed by atoms with Crippen molar-refractivity contribution in [1.82, 2.24) is 40.0 Å². The van der Waals surface area contributed by atoms with E-state index in [4.69, 9.17) is 16.8 Å². The number of nitrogens with one attached hydrogen (secondary N) is 1. The largest absolute Gasteiger partial charge is 0.409 e. The number of fused-ring (bicyclic) bond motifs is 1. The van der Waals surface area contributed by atoms with Crippen LogP contribution in [0.3, 0.4) is 0 Å². The predicted octanol–water partition coefficient (Wildman–Crippen LogP) is 2.74. The number of allylic oxidation sites excluding steroid dienone is 4. The van der Waals surface area contributed by atoms with Crippen molar-refractivity contribution in [3.05, 3.63) is 77.8 Å². The Morgan fingerprint density at radius 1 is 1.31 bits per heavy atom. The molecule has 3 aromatic heterocycles. The van der Waals surface area contributed by atoms with Gasteiger partial charge in [0.15, 0.2) is 0 Å². The van der Waals surface area contributed by atoms with E-state index in [2.05, 4.69) is 53.1 Å². The van der Waals surface area contributed by atoms with Gasteiger partial charge in [0, 0.05) is 36.5 Å². The Balaban J connectivity index is 1.43. The summed E-state index contributed by atoms with van der Waals surface area (Å²) in [5.41, 5.74) is 3.56. The highest BCUT2D eigenvalue weighted by atomic mass is 32.1. The van der Waals surface area contributed by atoms with Gasteiger partial charge in [-0.25, -0.2) is 20.0 Å². The SMILES string of the molecule is O=C(c1nnc(-c2ncccn2)o1)N1CCc2[nH]cnc2[C@@H]1C/C=C1/C=CC=C(C(P)P)N1N=S. The summed E-state index contributed by atoms with van der Waals surface area (Å²) in [5.74, 6) is -0.154. The number of amides is 1. The Morgan fingerprint density at radius 3 is 2.91 bits per heavy atom. The Hall–Kier alpha value is -3.20. The summed E-state index contributed by atoms with van der Waals surface area (Å²) in [4.78, 5) is 31.0. The standard InChI is InChI=1S/C21H21N9O2P2S/c31-20(19-27-26-18(32-19)17-22-8-2-9-23-17)29-10-7-13-16(25-11-24-13)14(29)6-5-12-3-1-4-15(21(33)34)30(12)28-35/h1-5,8-9,11,14,21H,6-7,10,33-34H2,(H,24,25)/b12-5-/t14-/m0/s1. The van der Waals surface area contributed by atoms with Gasteiger partial charge < -0.3 is 14.3 Å². The lowest BCUT2D eigenvalue weighted by molar-refractivity contribution is 0.0616. The topological polar surface area (TPSA) is 129 Å². The van der Waals surface area contributed by atoms with Crippen LogP contribution in [0.4, 0.5) is 0 Å². The summed E-state index contributed by atoms with van der Waals surface area (Å²) >= 11 is 5.03. The molecule has 1 amide bonds. The zero-order valence-corrected chi connectivity index (χ0v) is 21.5. The minimum Gasteiger partial charge on any atom is -0.409 e. The van der Waals surface area contributed by atoms with Crippen LogP contribution in [0.1, 0.15) is 34.5 Å². The Bertz CT molecular complexity index is 1340. The molecule has 5 heterocycles. The van der Waals surface area contributed by atoms with E-state index in [1.54, 1.807) is 34.7 Å². The highest BCUT2D eigenvalue weighted by molar-refractivity contribution is 7.47. The van der Waals surface area contributed by atoms with Gasteiger partial charge in [-0.2, -0.15) is 0 Å². The zero-order valence-electron chi connectivity index (χ0n) is 18.4. The third-order valence-electron chi connectivity index (χ3n) is 5.67. The highest BCUT2D eigenvalue weighted by Crippen LogP contribution is 2.34. The number of imidazole rings is 1. The fraction of sp³-hybridized carbons (Fsp3) is 0.238. The summed E-state index contributed by atoms with van der Waals surface area (Å²) in [7, 11) is 5.44. The average Bonchev–Trinajstić information content (AvgIpc) is 3.57. The highest BCUT2D eigenvalue weighted by Gasteiger charge is 2.35. The first-order valence-electron chi connectivity index (χ1n) is 10.7. The van der Waals surface area contributed by atoms with Crippen molar-refractivity contribution in [3.63, 3.8) is 0 Å². The molecular formula is C21H21N9O2P2S. The second-order valence-electron chi connectivity index (χ2n) is 7.75. The van der Waals surface area contributed by atoms with Crippen LogP contribution in [0.15, 0.2) is 69.4 Å². The lowest BCUT2D eigenvalue weighted by Crippen LogP contribution is -2.40. The molecule has 0 fully saturated rings. The third kappa shape index (κ3) is 4.69. The minimum absolute atomic E-state index is 0.0843. The van der Waals surface area contributed by atoms with E-state index in [-0.39, 0.29) is 35.0 Å². The van der Waals surface area contributed by atoms with Gasteiger partial charge >= 0.3 is 11.8 Å². The predicted molar refractivity (Wildman–Crippen MR) is 136 cm³/mol. The maximum absolute atomic E-state index is 13.5. The molecule has 3 aromatic rings. The van der Waals surface area contributed by atoms with Crippen LogP contribution in [0.25, 0.3) is 11.7 Å². The second-order valence-corrected chi connectivity index (χ2v) is 10.1. The number of hydrogen-bond acceptors (Lipinski definition) is 9. The molecule has 3 atom stereocenters. The van der Waals surface area contributed by atoms with Crippen LogP contribution in [-0.4, -0.2) is 57.9 Å². The van der Waals surface area contributed by atoms with Gasteiger partial charge in [0.05, 0.1) is 41.9 Å². The number of rotatable bonds is 6. The molecule has 14 heteroatoms. The molecule has 2 aliphatic heterocycles. The Labute approximate surface area is 210 Å². The summed E-state index contributed by atoms with van der Waals surface area (Å²) in [6, 6.07) is 1.34. The second kappa shape index (κ2) is 10.2. The van der Waals surface area contributed by atoms with Crippen molar-refractivity contribution in [2.75, 3.05) is 6.54 Å². The molecule has 178 valence electrons. The number of aromatic nitrogens is 6. The molecule has 2 unspecified atom stereocenters. The molecular weight excluding hydrogens is 504 g/mol. The number of hydrogen-bond donors (Lipinski definition) is 1. The average molecular weight is 525 g/mol. The van der Waals surface area contributed by atoms with E-state index in [0.29, 0.717) is 19.4 Å². The fourth-order valence-electron chi connectivity index (χ4n) is 4.04. The molecule has 5 rings (SSSR count). The van der Waals surface area contributed by atoms with E-state index in [9.17, 15) is 4.79 Å². The van der Waals surface area contributed by atoms with Gasteiger partial charge in [0.2, 0.25) is 5.82 Å². The molecule has 0 radical (unpaired) electrons. The van der Waals surface area contributed by atoms with Crippen molar-refractivity contribution < 1.29 is 9.21 Å². The normalized spacial score (nSPS) is 18.7. The van der Waals surface area contributed by atoms with Crippen molar-refractivity contribution in [2.45, 2.75) is 24.3 Å². The van der Waals surface area contributed by atoms with Crippen LogP contribution in [0.2, 0.25) is 0 Å². The van der Waals surface area contributed by atoms with Gasteiger partial charge in [0.25, 0.3) is 5.89 Å². The lowest BCUT2D eigenvalue weighted by atomic mass is 9.98. The van der Waals surface area contributed by atoms with Crippen LogP contribution >= 0.6 is 18.5 Å². The summed E-state index contributed by atoms with van der Waals surface area (Å²) in [6.45, 7) is 0.469. The maximum Gasteiger partial charge on any atom is 0.312 e. The summed E-state index contributed by atoms with van der Waals surface area (Å²) < 4.78 is 9.65. The molecule has 1 N–H and O–H groups in total. The third-order valence-corrected chi connectivity index (χ3v) is 6.51. The molecule has 0 aliphatic carbocycles. The van der Waals surface area contributed by atoms with E-state index in [1.807, 2.05) is 24.3 Å². The molecule has 35 heavy (non-hydrogen) atoms. The van der Waals surface area contributed by atoms with Gasteiger partial charge in [-0.3, -0.25) is 4.79 Å². The van der Waals surface area contributed by atoms with Crippen molar-refractivity contribution >= 4 is 36.8 Å². The summed E-state index contributed by atoms with van der Waals surface area (Å²) in [6.07, 6.45) is 13.8. The molecule has 0 saturated heterocycles. The van der Waals surface area contributed by atoms with Crippen LogP contribution < -0.4 is 0 Å². The molecule has 0 aromatic carbocycles. The van der Waals surface area contributed by atoms with Crippen LogP contribution in [-0.2, 0) is 18.8 Å². The molecule has 0 saturated carbocycles. The smallest absolute Gasteiger partial charge is 0.312 e. The van der Waals surface area contributed by atoms with Gasteiger partial charge in [0.1, 0.15) is 0 Å². The Kier molecular flexibility index (Phi) is 6.86. The van der Waals surface area contributed by atoms with Crippen molar-refractivity contribution in [1.29, 1.82) is 0 Å². The van der Waals surface area contributed by atoms with Gasteiger partial charge in [-0.15, -0.1) is 28.7 Å². The first-order chi connectivity index (χ1) is 17.1. The number of aromatic amines is 1. The van der Waals surface area contributed by atoms with Gasteiger partial charge in [-0.05, 0) is 24.6 Å². The van der Waals surface area contributed by atoms with E-state index in [1.165, 1.54) is 0 Å². The van der Waals surface area contributed by atoms with Gasteiger partial charge in [-0.1, -0.05) is 16.6 Å². The van der Waals surface area contributed by atoms with Crippen molar-refractivity contribution in [3.8, 4) is 11.7 Å². The number of H-pyrrole nitrogens is 1. The molecule has 0 bridgehead atoms. The molecule has 0 spiro atoms. The molecule has 11 nitrogen and oxygen atoms in total. The molecule has 2 aliphatic rings. The number of carbonyl (C=O) groups excluding carboxylic acids is 1. The zero-order chi connectivity index (χ0) is 24.4. The van der Waals surface area contributed by atoms with Crippen LogP contribution in [0.5, 0.6) is 0 Å². The van der Waals surface area contributed by atoms with E-state index < -0.39 is 0 Å². The Morgan fingerprint density at radius 2 is 2.14 bits per heavy atom. The first-order valence-corrected chi connectivity index (χ1v) is 12.4. The fourth-order valence-corrected chi connectivity index (χ4v) is 4.73. The number of carbonyl (C=O) groups is 1. The van der Waals surface area contributed by atoms with E-state index >= 15 is 0 Å². The number of nitrogens with zero attached hydrogens (tertiary/aromatic N) is 8. The van der Waals surface area contributed by atoms with Crippen LogP contribution in [0, 0.1) is 0 Å². The quantitative estimate of drug-likeness (QED) is 0.483. The maximum atomic E-state index is 13.5. The van der Waals surface area contributed by atoms with Crippen molar-refractivity contribution in [2.24, 2.45) is 4.47 Å².